The van der Waals surface area contributed by atoms with E-state index in [2.05, 4.69) is 26.8 Å². The molecular formula is C9H16O. The van der Waals surface area contributed by atoms with Crippen molar-refractivity contribution in [2.24, 2.45) is 5.41 Å². The molecule has 0 bridgehead atoms. The van der Waals surface area contributed by atoms with Gasteiger partial charge in [0, 0.05) is 0 Å². The van der Waals surface area contributed by atoms with E-state index in [4.69, 9.17) is 0 Å². The minimum atomic E-state index is -0.103. The van der Waals surface area contributed by atoms with E-state index in [-0.39, 0.29) is 11.5 Å². The maximum atomic E-state index is 9.21. The molecule has 1 N–H and O–H groups in total. The molecule has 58 valence electrons. The third-order valence-corrected chi connectivity index (χ3v) is 2.06. The summed E-state index contributed by atoms with van der Waals surface area (Å²) < 4.78 is 0. The Morgan fingerprint density at radius 3 is 2.30 bits per heavy atom. The van der Waals surface area contributed by atoms with E-state index < -0.39 is 0 Å². The molecule has 0 aromatic heterocycles. The number of aliphatic hydroxyl groups excluding tert-OH is 1. The minimum Gasteiger partial charge on any atom is -0.392 e. The first-order valence-corrected chi connectivity index (χ1v) is 3.88. The van der Waals surface area contributed by atoms with Gasteiger partial charge in [0.15, 0.2) is 0 Å². The molecule has 1 nitrogen and oxygen atoms in total. The molecule has 0 aromatic carbocycles. The summed E-state index contributed by atoms with van der Waals surface area (Å²) >= 11 is 0. The van der Waals surface area contributed by atoms with E-state index in [0.717, 1.165) is 12.8 Å². The molecular weight excluding hydrogens is 124 g/mol. The van der Waals surface area contributed by atoms with E-state index >= 15 is 0 Å². The second kappa shape index (κ2) is 2.39. The maximum absolute atomic E-state index is 9.21. The molecule has 0 saturated heterocycles. The number of rotatable bonds is 0. The third-order valence-electron chi connectivity index (χ3n) is 2.06. The summed E-state index contributed by atoms with van der Waals surface area (Å²) in [6.07, 6.45) is 3.80. The molecule has 1 atom stereocenters. The van der Waals surface area contributed by atoms with Crippen LogP contribution in [0.2, 0.25) is 0 Å². The maximum Gasteiger partial charge on any atom is 0.0612 e. The summed E-state index contributed by atoms with van der Waals surface area (Å²) in [5.74, 6) is 0. The Morgan fingerprint density at radius 1 is 1.50 bits per heavy atom. The van der Waals surface area contributed by atoms with Crippen LogP contribution in [0.25, 0.3) is 0 Å². The fourth-order valence-corrected chi connectivity index (χ4v) is 1.31. The number of hydrogen-bond donors (Lipinski definition) is 1. The van der Waals surface area contributed by atoms with Gasteiger partial charge in [-0.2, -0.15) is 0 Å². The molecule has 0 radical (unpaired) electrons. The van der Waals surface area contributed by atoms with E-state index in [1.807, 2.05) is 0 Å². The van der Waals surface area contributed by atoms with Crippen LogP contribution in [0.3, 0.4) is 0 Å². The first kappa shape index (κ1) is 7.80. The lowest BCUT2D eigenvalue weighted by molar-refractivity contribution is 0.183. The monoisotopic (exact) mass is 140 g/mol. The van der Waals surface area contributed by atoms with Gasteiger partial charge in [-0.05, 0) is 18.3 Å². The highest BCUT2D eigenvalue weighted by Gasteiger charge is 2.23. The Labute approximate surface area is 62.8 Å². The predicted octanol–water partition coefficient (Wildman–Crippen LogP) is 2.11. The Bertz CT molecular complexity index is 151. The molecule has 0 heterocycles. The Morgan fingerprint density at radius 2 is 2.10 bits per heavy atom. The van der Waals surface area contributed by atoms with E-state index in [9.17, 15) is 5.11 Å². The van der Waals surface area contributed by atoms with Crippen LogP contribution in [0.1, 0.15) is 33.6 Å². The van der Waals surface area contributed by atoms with Gasteiger partial charge < -0.3 is 5.11 Å². The van der Waals surface area contributed by atoms with Crippen LogP contribution < -0.4 is 0 Å². The lowest BCUT2D eigenvalue weighted by atomic mass is 9.86. The average molecular weight is 140 g/mol. The van der Waals surface area contributed by atoms with Crippen molar-refractivity contribution in [2.45, 2.75) is 39.7 Å². The largest absolute Gasteiger partial charge is 0.392 e. The van der Waals surface area contributed by atoms with Gasteiger partial charge in [0.1, 0.15) is 0 Å². The van der Waals surface area contributed by atoms with Gasteiger partial charge in [0.05, 0.1) is 6.10 Å². The topological polar surface area (TPSA) is 20.2 Å². The fraction of sp³-hybridized carbons (Fsp3) is 0.778. The zero-order valence-electron chi connectivity index (χ0n) is 7.02. The Hall–Kier alpha value is -0.300. The summed E-state index contributed by atoms with van der Waals surface area (Å²) in [4.78, 5) is 0. The minimum absolute atomic E-state index is 0.103. The van der Waals surface area contributed by atoms with Gasteiger partial charge in [-0.15, -0.1) is 0 Å². The van der Waals surface area contributed by atoms with Crippen molar-refractivity contribution >= 4 is 0 Å². The highest BCUT2D eigenvalue weighted by Crippen LogP contribution is 2.33. The highest BCUT2D eigenvalue weighted by molar-refractivity contribution is 5.17. The Balaban J connectivity index is 2.60. The van der Waals surface area contributed by atoms with Gasteiger partial charge in [0.2, 0.25) is 0 Å². The summed E-state index contributed by atoms with van der Waals surface area (Å²) in [6.45, 7) is 6.57. The van der Waals surface area contributed by atoms with E-state index in [1.165, 1.54) is 5.57 Å². The summed E-state index contributed by atoms with van der Waals surface area (Å²) in [7, 11) is 0. The van der Waals surface area contributed by atoms with Crippen molar-refractivity contribution in [2.75, 3.05) is 0 Å². The molecule has 0 saturated carbocycles. The standard InChI is InChI=1S/C9H16O/c1-9(2,3)7-4-5-8(10)6-7/h4,8,10H,5-6H2,1-3H3. The quantitative estimate of drug-likeness (QED) is 0.511. The number of aliphatic hydroxyl groups is 1. The van der Waals surface area contributed by atoms with Crippen LogP contribution in [0, 0.1) is 5.41 Å². The molecule has 1 unspecified atom stereocenters. The number of hydrogen-bond acceptors (Lipinski definition) is 1. The van der Waals surface area contributed by atoms with Crippen molar-refractivity contribution in [3.05, 3.63) is 11.6 Å². The molecule has 1 aliphatic carbocycles. The van der Waals surface area contributed by atoms with Gasteiger partial charge in [-0.25, -0.2) is 0 Å². The van der Waals surface area contributed by atoms with Gasteiger partial charge in [-0.3, -0.25) is 0 Å². The van der Waals surface area contributed by atoms with Crippen molar-refractivity contribution in [3.8, 4) is 0 Å². The zero-order chi connectivity index (χ0) is 7.78. The lowest BCUT2D eigenvalue weighted by Crippen LogP contribution is -2.10. The van der Waals surface area contributed by atoms with Crippen molar-refractivity contribution in [1.29, 1.82) is 0 Å². The molecule has 0 spiro atoms. The SMILES string of the molecule is CC(C)(C)C1=CCC(O)C1. The average Bonchev–Trinajstić information content (AvgIpc) is 2.11. The van der Waals surface area contributed by atoms with Crippen LogP contribution in [0.5, 0.6) is 0 Å². The Kier molecular flexibility index (Phi) is 1.86. The molecule has 0 aliphatic heterocycles. The first-order valence-electron chi connectivity index (χ1n) is 3.88. The van der Waals surface area contributed by atoms with Crippen molar-refractivity contribution in [1.82, 2.24) is 0 Å². The lowest BCUT2D eigenvalue weighted by Gasteiger charge is -2.20. The summed E-state index contributed by atoms with van der Waals surface area (Å²) in [5, 5.41) is 9.21. The highest BCUT2D eigenvalue weighted by atomic mass is 16.3. The molecule has 0 amide bonds. The normalized spacial score (nSPS) is 26.8. The van der Waals surface area contributed by atoms with Gasteiger partial charge in [-0.1, -0.05) is 32.4 Å². The second-order valence-corrected chi connectivity index (χ2v) is 4.07. The van der Waals surface area contributed by atoms with Crippen LogP contribution in [-0.4, -0.2) is 11.2 Å². The smallest absolute Gasteiger partial charge is 0.0612 e. The molecule has 1 heteroatoms. The predicted molar refractivity (Wildman–Crippen MR) is 42.8 cm³/mol. The van der Waals surface area contributed by atoms with Crippen LogP contribution in [0.4, 0.5) is 0 Å². The van der Waals surface area contributed by atoms with Crippen molar-refractivity contribution in [3.63, 3.8) is 0 Å². The summed E-state index contributed by atoms with van der Waals surface area (Å²) in [5.41, 5.74) is 1.66. The molecule has 1 rings (SSSR count). The van der Waals surface area contributed by atoms with Crippen molar-refractivity contribution < 1.29 is 5.11 Å². The van der Waals surface area contributed by atoms with Crippen LogP contribution >= 0.6 is 0 Å². The van der Waals surface area contributed by atoms with E-state index in [1.54, 1.807) is 0 Å². The second-order valence-electron chi connectivity index (χ2n) is 4.07. The zero-order valence-corrected chi connectivity index (χ0v) is 7.02. The molecule has 10 heavy (non-hydrogen) atoms. The summed E-state index contributed by atoms with van der Waals surface area (Å²) in [6, 6.07) is 0. The van der Waals surface area contributed by atoms with Gasteiger partial charge in [0.25, 0.3) is 0 Å². The third kappa shape index (κ3) is 1.60. The molecule has 1 aliphatic rings. The van der Waals surface area contributed by atoms with Crippen LogP contribution in [-0.2, 0) is 0 Å². The fourth-order valence-electron chi connectivity index (χ4n) is 1.31. The van der Waals surface area contributed by atoms with Crippen LogP contribution in [0.15, 0.2) is 11.6 Å². The first-order chi connectivity index (χ1) is 4.50. The van der Waals surface area contributed by atoms with E-state index in [0.29, 0.717) is 0 Å². The molecule has 0 aromatic rings. The molecule has 0 fully saturated rings. The van der Waals surface area contributed by atoms with Gasteiger partial charge >= 0.3 is 0 Å².